The molecule has 0 radical (unpaired) electrons. The van der Waals surface area contributed by atoms with Gasteiger partial charge in [-0.15, -0.1) is 0 Å². The van der Waals surface area contributed by atoms with Crippen molar-refractivity contribution in [3.8, 4) is 5.75 Å². The third-order valence-electron chi connectivity index (χ3n) is 2.86. The van der Waals surface area contributed by atoms with Gasteiger partial charge in [-0.3, -0.25) is 4.79 Å². The molecule has 0 aliphatic carbocycles. The lowest BCUT2D eigenvalue weighted by molar-refractivity contribution is 0.0984. The van der Waals surface area contributed by atoms with Crippen LogP contribution >= 0.6 is 0 Å². The zero-order valence-electron chi connectivity index (χ0n) is 10.8. The molecule has 0 aromatic heterocycles. The van der Waals surface area contributed by atoms with Gasteiger partial charge >= 0.3 is 0 Å². The van der Waals surface area contributed by atoms with Gasteiger partial charge in [-0.2, -0.15) is 0 Å². The summed E-state index contributed by atoms with van der Waals surface area (Å²) in [7, 11) is 0. The molecule has 1 amide bonds. The highest BCUT2D eigenvalue weighted by Crippen LogP contribution is 2.21. The van der Waals surface area contributed by atoms with E-state index in [9.17, 15) is 13.6 Å². The summed E-state index contributed by atoms with van der Waals surface area (Å²) in [5.74, 6) is -2.13. The van der Waals surface area contributed by atoms with Crippen LogP contribution in [0, 0.1) is 11.6 Å². The van der Waals surface area contributed by atoms with Crippen LogP contribution in [0.4, 0.5) is 14.5 Å². The molecule has 2 aromatic rings. The van der Waals surface area contributed by atoms with Crippen molar-refractivity contribution >= 4 is 11.6 Å². The number of hydrogen-bond donors (Lipinski definition) is 1. The van der Waals surface area contributed by atoms with E-state index < -0.39 is 17.5 Å². The van der Waals surface area contributed by atoms with Gasteiger partial charge in [-0.05, 0) is 37.3 Å². The molecule has 0 unspecified atom stereocenters. The number of rotatable bonds is 3. The number of benzene rings is 2. The Hall–Kier alpha value is -2.43. The Morgan fingerprint density at radius 2 is 1.95 bits per heavy atom. The molecular formula is C15H13F2NO2. The Bertz CT molecular complexity index is 644. The first-order chi connectivity index (χ1) is 9.52. The van der Waals surface area contributed by atoms with Crippen LogP contribution in [0.1, 0.15) is 17.3 Å². The maximum absolute atomic E-state index is 13.7. The van der Waals surface area contributed by atoms with E-state index in [4.69, 9.17) is 5.11 Å². The van der Waals surface area contributed by atoms with Crippen molar-refractivity contribution in [1.29, 1.82) is 0 Å². The van der Waals surface area contributed by atoms with Gasteiger partial charge in [-0.1, -0.05) is 6.07 Å². The second-order valence-corrected chi connectivity index (χ2v) is 4.19. The van der Waals surface area contributed by atoms with Crippen molar-refractivity contribution < 1.29 is 18.7 Å². The zero-order chi connectivity index (χ0) is 14.7. The van der Waals surface area contributed by atoms with Crippen LogP contribution in [0.25, 0.3) is 0 Å². The molecule has 3 nitrogen and oxygen atoms in total. The number of carbonyl (C=O) groups is 1. The maximum atomic E-state index is 13.7. The Morgan fingerprint density at radius 3 is 2.55 bits per heavy atom. The Kier molecular flexibility index (Phi) is 3.98. The Labute approximate surface area is 115 Å². The molecule has 104 valence electrons. The van der Waals surface area contributed by atoms with Crippen LogP contribution in [-0.4, -0.2) is 17.6 Å². The first-order valence-electron chi connectivity index (χ1n) is 6.09. The minimum Gasteiger partial charge on any atom is -0.508 e. The minimum absolute atomic E-state index is 0.172. The molecule has 0 atom stereocenters. The molecule has 1 N–H and O–H groups in total. The van der Waals surface area contributed by atoms with Gasteiger partial charge in [0, 0.05) is 18.3 Å². The predicted molar refractivity (Wildman–Crippen MR) is 71.8 cm³/mol. The molecule has 0 saturated carbocycles. The Morgan fingerprint density at radius 1 is 1.20 bits per heavy atom. The lowest BCUT2D eigenvalue weighted by atomic mass is 10.1. The second kappa shape index (κ2) is 5.69. The van der Waals surface area contributed by atoms with E-state index in [1.807, 2.05) is 0 Å². The molecule has 0 aliphatic rings. The second-order valence-electron chi connectivity index (χ2n) is 4.19. The summed E-state index contributed by atoms with van der Waals surface area (Å²) in [5.41, 5.74) is 0.180. The highest BCUT2D eigenvalue weighted by atomic mass is 19.1. The van der Waals surface area contributed by atoms with Crippen LogP contribution in [0.3, 0.4) is 0 Å². The number of phenols is 1. The molecule has 0 spiro atoms. The van der Waals surface area contributed by atoms with Gasteiger partial charge in [0.2, 0.25) is 0 Å². The number of hydrogen-bond acceptors (Lipinski definition) is 2. The summed E-state index contributed by atoms with van der Waals surface area (Å²) in [4.78, 5) is 13.6. The largest absolute Gasteiger partial charge is 0.508 e. The number of phenolic OH excluding ortho intramolecular Hbond substituents is 1. The first-order valence-corrected chi connectivity index (χ1v) is 6.09. The average molecular weight is 277 g/mol. The van der Waals surface area contributed by atoms with Crippen molar-refractivity contribution in [3.05, 3.63) is 59.7 Å². The van der Waals surface area contributed by atoms with E-state index in [0.29, 0.717) is 5.69 Å². The van der Waals surface area contributed by atoms with Crippen molar-refractivity contribution in [2.24, 2.45) is 0 Å². The van der Waals surface area contributed by atoms with E-state index in [2.05, 4.69) is 0 Å². The van der Waals surface area contributed by atoms with Gasteiger partial charge in [0.1, 0.15) is 17.4 Å². The van der Waals surface area contributed by atoms with E-state index in [0.717, 1.165) is 6.07 Å². The van der Waals surface area contributed by atoms with Gasteiger partial charge in [0.15, 0.2) is 0 Å². The summed E-state index contributed by atoms with van der Waals surface area (Å²) in [6.45, 7) is 1.98. The molecular weight excluding hydrogens is 264 g/mol. The highest BCUT2D eigenvalue weighted by Gasteiger charge is 2.20. The van der Waals surface area contributed by atoms with Gasteiger partial charge in [0.05, 0.1) is 5.56 Å². The lowest BCUT2D eigenvalue weighted by Gasteiger charge is -2.21. The molecule has 0 aliphatic heterocycles. The van der Waals surface area contributed by atoms with E-state index in [1.165, 1.54) is 35.2 Å². The predicted octanol–water partition coefficient (Wildman–Crippen LogP) is 3.34. The van der Waals surface area contributed by atoms with Crippen molar-refractivity contribution in [2.45, 2.75) is 6.92 Å². The number of halogens is 2. The smallest absolute Gasteiger partial charge is 0.261 e. The van der Waals surface area contributed by atoms with E-state index in [1.54, 1.807) is 13.0 Å². The Balaban J connectivity index is 2.39. The van der Waals surface area contributed by atoms with E-state index >= 15 is 0 Å². The zero-order valence-corrected chi connectivity index (χ0v) is 10.8. The van der Waals surface area contributed by atoms with Crippen molar-refractivity contribution in [2.75, 3.05) is 11.4 Å². The fourth-order valence-electron chi connectivity index (χ4n) is 1.91. The summed E-state index contributed by atoms with van der Waals surface area (Å²) >= 11 is 0. The van der Waals surface area contributed by atoms with Crippen LogP contribution in [0.2, 0.25) is 0 Å². The summed E-state index contributed by atoms with van der Waals surface area (Å²) in [6, 6.07) is 8.83. The fourth-order valence-corrected chi connectivity index (χ4v) is 1.91. The summed E-state index contributed by atoms with van der Waals surface area (Å²) < 4.78 is 26.9. The summed E-state index contributed by atoms with van der Waals surface area (Å²) in [5, 5.41) is 9.15. The summed E-state index contributed by atoms with van der Waals surface area (Å²) in [6.07, 6.45) is 0. The minimum atomic E-state index is -0.815. The monoisotopic (exact) mass is 277 g/mol. The van der Waals surface area contributed by atoms with Crippen molar-refractivity contribution in [3.63, 3.8) is 0 Å². The first kappa shape index (κ1) is 14.0. The van der Waals surface area contributed by atoms with Crippen LogP contribution in [0.15, 0.2) is 42.5 Å². The number of amides is 1. The standard InChI is InChI=1S/C15H13F2NO2/c1-2-18(11-5-3-4-10(16)8-11)15(20)13-7-6-12(19)9-14(13)17/h3-9,19H,2H2,1H3. The van der Waals surface area contributed by atoms with Crippen LogP contribution < -0.4 is 4.90 Å². The third kappa shape index (κ3) is 2.77. The van der Waals surface area contributed by atoms with E-state index in [-0.39, 0.29) is 17.9 Å². The molecule has 20 heavy (non-hydrogen) atoms. The number of aromatic hydroxyl groups is 1. The quantitative estimate of drug-likeness (QED) is 0.934. The van der Waals surface area contributed by atoms with Gasteiger partial charge in [0.25, 0.3) is 5.91 Å². The fraction of sp³-hybridized carbons (Fsp3) is 0.133. The molecule has 0 bridgehead atoms. The average Bonchev–Trinajstić information content (AvgIpc) is 2.39. The lowest BCUT2D eigenvalue weighted by Crippen LogP contribution is -2.31. The molecule has 2 aromatic carbocycles. The molecule has 2 rings (SSSR count). The number of carbonyl (C=O) groups excluding carboxylic acids is 1. The SMILES string of the molecule is CCN(C(=O)c1ccc(O)cc1F)c1cccc(F)c1. The molecule has 5 heteroatoms. The highest BCUT2D eigenvalue weighted by molar-refractivity contribution is 6.06. The molecule has 0 saturated heterocycles. The van der Waals surface area contributed by atoms with Gasteiger partial charge < -0.3 is 10.0 Å². The molecule has 0 fully saturated rings. The van der Waals surface area contributed by atoms with Crippen LogP contribution in [-0.2, 0) is 0 Å². The van der Waals surface area contributed by atoms with Crippen LogP contribution in [0.5, 0.6) is 5.75 Å². The number of anilines is 1. The third-order valence-corrected chi connectivity index (χ3v) is 2.86. The normalized spacial score (nSPS) is 10.3. The maximum Gasteiger partial charge on any atom is 0.261 e. The number of nitrogens with zero attached hydrogens (tertiary/aromatic N) is 1. The van der Waals surface area contributed by atoms with Crippen molar-refractivity contribution in [1.82, 2.24) is 0 Å². The topological polar surface area (TPSA) is 40.5 Å². The van der Waals surface area contributed by atoms with Gasteiger partial charge in [-0.25, -0.2) is 8.78 Å². The molecule has 0 heterocycles.